The number of likely N-dealkylation sites (tertiary alicyclic amines) is 1. The molecular formula is C27H27N5O3S. The van der Waals surface area contributed by atoms with Gasteiger partial charge in [0.1, 0.15) is 21.8 Å². The van der Waals surface area contributed by atoms with Crippen LogP contribution in [-0.4, -0.2) is 52.7 Å². The minimum atomic E-state index is -0.446. The van der Waals surface area contributed by atoms with E-state index in [1.807, 2.05) is 61.5 Å². The third kappa shape index (κ3) is 3.98. The summed E-state index contributed by atoms with van der Waals surface area (Å²) in [5.41, 5.74) is 3.31. The van der Waals surface area contributed by atoms with Gasteiger partial charge < -0.3 is 15.4 Å². The zero-order chi connectivity index (χ0) is 24.8. The molecule has 1 fully saturated rings. The van der Waals surface area contributed by atoms with Gasteiger partial charge in [0.15, 0.2) is 0 Å². The summed E-state index contributed by atoms with van der Waals surface area (Å²) in [7, 11) is 0. The molecule has 0 bridgehead atoms. The number of pyridine rings is 1. The van der Waals surface area contributed by atoms with Crippen LogP contribution in [-0.2, 0) is 4.79 Å². The average Bonchev–Trinajstić information content (AvgIpc) is 3.22. The number of hydrogen-bond acceptors (Lipinski definition) is 6. The first-order valence-electron chi connectivity index (χ1n) is 12.1. The Balaban J connectivity index is 1.26. The van der Waals surface area contributed by atoms with E-state index < -0.39 is 11.3 Å². The molecule has 1 saturated heterocycles. The van der Waals surface area contributed by atoms with E-state index in [-0.39, 0.29) is 18.0 Å². The van der Waals surface area contributed by atoms with E-state index in [2.05, 4.69) is 27.4 Å². The Morgan fingerprint density at radius 3 is 2.69 bits per heavy atom. The van der Waals surface area contributed by atoms with Crippen LogP contribution in [0.4, 0.5) is 16.2 Å². The smallest absolute Gasteiger partial charge is 0.327 e. The molecule has 2 N–H and O–H groups in total. The summed E-state index contributed by atoms with van der Waals surface area (Å²) in [6.07, 6.45) is 1.71. The van der Waals surface area contributed by atoms with Crippen molar-refractivity contribution >= 4 is 35.1 Å². The number of para-hydroxylation sites is 1. The Morgan fingerprint density at radius 1 is 1.14 bits per heavy atom. The number of carbonyl (C=O) groups is 2. The lowest BCUT2D eigenvalue weighted by atomic mass is 9.99. The first-order valence-corrected chi connectivity index (χ1v) is 13.0. The summed E-state index contributed by atoms with van der Waals surface area (Å²) in [4.78, 5) is 35.1. The zero-order valence-electron chi connectivity index (χ0n) is 20.1. The lowest BCUT2D eigenvalue weighted by Gasteiger charge is -2.40. The second-order valence-electron chi connectivity index (χ2n) is 9.27. The van der Waals surface area contributed by atoms with Gasteiger partial charge in [-0.1, -0.05) is 36.9 Å². The number of aromatic nitrogens is 1. The lowest BCUT2D eigenvalue weighted by molar-refractivity contribution is -0.122. The summed E-state index contributed by atoms with van der Waals surface area (Å²) in [5, 5.41) is 6.58. The number of urea groups is 1. The number of carbonyl (C=O) groups excluding carboxylic acids is 2. The molecule has 0 aliphatic carbocycles. The normalized spacial score (nSPS) is 20.9. The van der Waals surface area contributed by atoms with Gasteiger partial charge >= 0.3 is 6.03 Å². The average molecular weight is 502 g/mol. The number of benzene rings is 2. The number of aryl methyl sites for hydroxylation is 1. The van der Waals surface area contributed by atoms with Gasteiger partial charge in [-0.2, -0.15) is 0 Å². The van der Waals surface area contributed by atoms with E-state index in [1.54, 1.807) is 11.1 Å². The maximum absolute atomic E-state index is 13.4. The number of likely N-dealkylation sites (N-methyl/N-ethyl adjacent to an activating group) is 1. The van der Waals surface area contributed by atoms with Crippen LogP contribution in [0.25, 0.3) is 0 Å². The zero-order valence-corrected chi connectivity index (χ0v) is 20.9. The summed E-state index contributed by atoms with van der Waals surface area (Å²) < 4.78 is 5.96. The Kier molecular flexibility index (Phi) is 5.81. The van der Waals surface area contributed by atoms with Crippen molar-refractivity contribution in [3.63, 3.8) is 0 Å². The fourth-order valence-corrected chi connectivity index (χ4v) is 6.27. The molecule has 0 radical (unpaired) electrons. The molecule has 4 heterocycles. The second-order valence-corrected chi connectivity index (χ2v) is 10.4. The maximum atomic E-state index is 13.4. The molecule has 2 aromatic carbocycles. The number of amides is 3. The van der Waals surface area contributed by atoms with E-state index >= 15 is 0 Å². The van der Waals surface area contributed by atoms with E-state index in [0.717, 1.165) is 52.9 Å². The Morgan fingerprint density at radius 2 is 1.94 bits per heavy atom. The van der Waals surface area contributed by atoms with Crippen molar-refractivity contribution in [3.8, 4) is 11.5 Å². The van der Waals surface area contributed by atoms with Gasteiger partial charge in [-0.25, -0.2) is 9.78 Å². The number of ether oxygens (including phenoxy) is 1. The Bertz CT molecular complexity index is 1330. The van der Waals surface area contributed by atoms with Crippen molar-refractivity contribution in [3.05, 3.63) is 71.9 Å². The van der Waals surface area contributed by atoms with Gasteiger partial charge in [-0.3, -0.25) is 14.6 Å². The maximum Gasteiger partial charge on any atom is 0.327 e. The summed E-state index contributed by atoms with van der Waals surface area (Å²) in [5.74, 6) is 1.39. The highest BCUT2D eigenvalue weighted by Gasteiger charge is 2.47. The SMILES string of the molecule is CCN1CC(NC(=O)C2Sc3nccc4c3C2NC(=O)N4c2ccc(Oc3ccccc3)cc2C)C1. The molecule has 0 spiro atoms. The number of nitrogens with zero attached hydrogens (tertiary/aromatic N) is 3. The molecule has 3 aliphatic heterocycles. The quantitative estimate of drug-likeness (QED) is 0.521. The summed E-state index contributed by atoms with van der Waals surface area (Å²) in [6, 6.07) is 16.6. The van der Waals surface area contributed by atoms with Crippen LogP contribution < -0.4 is 20.3 Å². The van der Waals surface area contributed by atoms with E-state index in [0.29, 0.717) is 5.75 Å². The molecule has 3 aliphatic rings. The predicted octanol–water partition coefficient (Wildman–Crippen LogP) is 4.38. The van der Waals surface area contributed by atoms with Crippen LogP contribution in [0.2, 0.25) is 0 Å². The Hall–Kier alpha value is -3.56. The van der Waals surface area contributed by atoms with Gasteiger partial charge in [-0.05, 0) is 55.4 Å². The molecule has 3 aromatic rings. The Labute approximate surface area is 214 Å². The van der Waals surface area contributed by atoms with Gasteiger partial charge in [0.25, 0.3) is 0 Å². The minimum Gasteiger partial charge on any atom is -0.457 e. The number of thioether (sulfide) groups is 1. The highest BCUT2D eigenvalue weighted by atomic mass is 32.2. The van der Waals surface area contributed by atoms with Crippen LogP contribution in [0.1, 0.15) is 24.1 Å². The first kappa shape index (κ1) is 22.9. The highest BCUT2D eigenvalue weighted by Crippen LogP contribution is 2.51. The number of hydrogen-bond donors (Lipinski definition) is 2. The van der Waals surface area contributed by atoms with Crippen molar-refractivity contribution in [2.75, 3.05) is 24.5 Å². The van der Waals surface area contributed by atoms with Gasteiger partial charge in [0.2, 0.25) is 5.91 Å². The molecule has 8 nitrogen and oxygen atoms in total. The minimum absolute atomic E-state index is 0.0537. The molecule has 3 amide bonds. The topological polar surface area (TPSA) is 86.8 Å². The van der Waals surface area contributed by atoms with Crippen molar-refractivity contribution in [1.82, 2.24) is 20.5 Å². The van der Waals surface area contributed by atoms with Crippen molar-refractivity contribution in [1.29, 1.82) is 0 Å². The third-order valence-electron chi connectivity index (χ3n) is 6.90. The van der Waals surface area contributed by atoms with Crippen molar-refractivity contribution in [2.45, 2.75) is 36.2 Å². The van der Waals surface area contributed by atoms with Crippen LogP contribution in [0.5, 0.6) is 11.5 Å². The lowest BCUT2D eigenvalue weighted by Crippen LogP contribution is -2.60. The first-order chi connectivity index (χ1) is 17.5. The standard InChI is InChI=1S/C27H27N5O3S/c1-3-31-14-17(15-31)29-25(33)24-23-22-21(11-12-28-26(22)36-24)32(27(34)30-23)20-10-9-19(13-16(20)2)35-18-7-5-4-6-8-18/h4-13,17,23-24H,3,14-15H2,1-2H3,(H,29,33)(H,30,34). The summed E-state index contributed by atoms with van der Waals surface area (Å²) in [6.45, 7) is 6.78. The highest BCUT2D eigenvalue weighted by molar-refractivity contribution is 8.01. The number of nitrogens with one attached hydrogen (secondary N) is 2. The van der Waals surface area contributed by atoms with Crippen molar-refractivity contribution < 1.29 is 14.3 Å². The van der Waals surface area contributed by atoms with Crippen LogP contribution >= 0.6 is 11.8 Å². The molecule has 2 unspecified atom stereocenters. The molecule has 0 saturated carbocycles. The molecule has 184 valence electrons. The van der Waals surface area contributed by atoms with Crippen molar-refractivity contribution in [2.24, 2.45) is 0 Å². The largest absolute Gasteiger partial charge is 0.457 e. The number of rotatable bonds is 6. The second kappa shape index (κ2) is 9.15. The summed E-state index contributed by atoms with van der Waals surface area (Å²) >= 11 is 1.42. The van der Waals surface area contributed by atoms with E-state index in [1.165, 1.54) is 11.8 Å². The monoisotopic (exact) mass is 501 g/mol. The fraction of sp³-hybridized carbons (Fsp3) is 0.296. The van der Waals surface area contributed by atoms with Crippen LogP contribution in [0, 0.1) is 6.92 Å². The van der Waals surface area contributed by atoms with E-state index in [9.17, 15) is 9.59 Å². The molecule has 1 aromatic heterocycles. The van der Waals surface area contributed by atoms with E-state index in [4.69, 9.17) is 4.74 Å². The van der Waals surface area contributed by atoms with Gasteiger partial charge in [-0.15, -0.1) is 0 Å². The molecule has 9 heteroatoms. The molecule has 2 atom stereocenters. The molecule has 6 rings (SSSR count). The third-order valence-corrected chi connectivity index (χ3v) is 8.19. The van der Waals surface area contributed by atoms with Gasteiger partial charge in [0, 0.05) is 24.8 Å². The van der Waals surface area contributed by atoms with Crippen LogP contribution in [0.15, 0.2) is 65.8 Å². The predicted molar refractivity (Wildman–Crippen MR) is 139 cm³/mol. The van der Waals surface area contributed by atoms with Gasteiger partial charge in [0.05, 0.1) is 23.5 Å². The molecule has 36 heavy (non-hydrogen) atoms. The fourth-order valence-electron chi connectivity index (χ4n) is 5.03. The number of anilines is 2. The van der Waals surface area contributed by atoms with Crippen LogP contribution in [0.3, 0.4) is 0 Å². The molecular weight excluding hydrogens is 474 g/mol.